The van der Waals surface area contributed by atoms with Crippen LogP contribution in [0.3, 0.4) is 0 Å². The molecule has 16 heavy (non-hydrogen) atoms. The van der Waals surface area contributed by atoms with Crippen LogP contribution in [0.25, 0.3) is 0 Å². The van der Waals surface area contributed by atoms with Crippen molar-refractivity contribution in [2.45, 2.75) is 25.4 Å². The minimum Gasteiger partial charge on any atom is -0.378 e. The molecule has 0 saturated carbocycles. The van der Waals surface area contributed by atoms with E-state index >= 15 is 0 Å². The van der Waals surface area contributed by atoms with Gasteiger partial charge in [-0.2, -0.15) is 0 Å². The standard InChI is InChI=1S/C10H12ClN3O2/c11-10-12-4-3-8(14-10)13-9(15)6-7-2-1-5-16-7/h3-4,7H,1-2,5-6H2,(H,12,13,14,15). The fraction of sp³-hybridized carbons (Fsp3) is 0.500. The first kappa shape index (κ1) is 11.3. The third kappa shape index (κ3) is 3.15. The number of amides is 1. The number of halogens is 1. The number of nitrogens with one attached hydrogen (secondary N) is 1. The zero-order chi connectivity index (χ0) is 11.4. The van der Waals surface area contributed by atoms with Crippen LogP contribution in [0.2, 0.25) is 5.28 Å². The first-order chi connectivity index (χ1) is 7.74. The molecular weight excluding hydrogens is 230 g/mol. The largest absolute Gasteiger partial charge is 0.378 e. The Morgan fingerprint density at radius 3 is 3.25 bits per heavy atom. The molecule has 0 aliphatic carbocycles. The van der Waals surface area contributed by atoms with E-state index in [1.54, 1.807) is 6.07 Å². The molecular formula is C10H12ClN3O2. The van der Waals surface area contributed by atoms with E-state index in [9.17, 15) is 4.79 Å². The van der Waals surface area contributed by atoms with E-state index in [1.165, 1.54) is 6.20 Å². The molecule has 0 bridgehead atoms. The maximum absolute atomic E-state index is 11.6. The van der Waals surface area contributed by atoms with Gasteiger partial charge in [0.1, 0.15) is 5.82 Å². The van der Waals surface area contributed by atoms with Gasteiger partial charge in [0, 0.05) is 12.8 Å². The highest BCUT2D eigenvalue weighted by Crippen LogP contribution is 2.16. The Morgan fingerprint density at radius 1 is 1.69 bits per heavy atom. The van der Waals surface area contributed by atoms with Gasteiger partial charge in [0.05, 0.1) is 12.5 Å². The summed E-state index contributed by atoms with van der Waals surface area (Å²) in [4.78, 5) is 19.2. The fourth-order valence-electron chi connectivity index (χ4n) is 1.61. The van der Waals surface area contributed by atoms with Gasteiger partial charge in [0.15, 0.2) is 0 Å². The molecule has 86 valence electrons. The summed E-state index contributed by atoms with van der Waals surface area (Å²) in [6.07, 6.45) is 3.87. The number of carbonyl (C=O) groups excluding carboxylic acids is 1. The average molecular weight is 242 g/mol. The van der Waals surface area contributed by atoms with Crippen molar-refractivity contribution in [3.8, 4) is 0 Å². The molecule has 2 heterocycles. The molecule has 1 aliphatic heterocycles. The molecule has 1 saturated heterocycles. The number of hydrogen-bond donors (Lipinski definition) is 1. The number of nitrogens with zero attached hydrogens (tertiary/aromatic N) is 2. The highest BCUT2D eigenvalue weighted by molar-refractivity contribution is 6.28. The van der Waals surface area contributed by atoms with Gasteiger partial charge >= 0.3 is 0 Å². The number of aromatic nitrogens is 2. The van der Waals surface area contributed by atoms with Gasteiger partial charge in [-0.15, -0.1) is 0 Å². The first-order valence-corrected chi connectivity index (χ1v) is 5.52. The van der Waals surface area contributed by atoms with Crippen molar-refractivity contribution >= 4 is 23.3 Å². The summed E-state index contributed by atoms with van der Waals surface area (Å²) in [5.74, 6) is 0.310. The van der Waals surface area contributed by atoms with Crippen molar-refractivity contribution in [3.05, 3.63) is 17.5 Å². The molecule has 5 nitrogen and oxygen atoms in total. The molecule has 0 radical (unpaired) electrons. The lowest BCUT2D eigenvalue weighted by molar-refractivity contribution is -0.118. The van der Waals surface area contributed by atoms with Crippen LogP contribution in [-0.2, 0) is 9.53 Å². The molecule has 6 heteroatoms. The van der Waals surface area contributed by atoms with Gasteiger partial charge in [-0.3, -0.25) is 4.79 Å². The number of ether oxygens (including phenoxy) is 1. The maximum Gasteiger partial charge on any atom is 0.228 e. The molecule has 1 fully saturated rings. The van der Waals surface area contributed by atoms with E-state index in [0.717, 1.165) is 19.4 Å². The Kier molecular flexibility index (Phi) is 3.69. The molecule has 1 amide bonds. The third-order valence-corrected chi connectivity index (χ3v) is 2.51. The summed E-state index contributed by atoms with van der Waals surface area (Å²) in [6.45, 7) is 0.747. The number of hydrogen-bond acceptors (Lipinski definition) is 4. The van der Waals surface area contributed by atoms with Gasteiger partial charge in [-0.1, -0.05) is 0 Å². The van der Waals surface area contributed by atoms with Gasteiger partial charge in [-0.05, 0) is 30.5 Å². The summed E-state index contributed by atoms with van der Waals surface area (Å²) in [5, 5.41) is 2.78. The zero-order valence-electron chi connectivity index (χ0n) is 8.65. The molecule has 1 unspecified atom stereocenters. The van der Waals surface area contributed by atoms with Gasteiger partial charge in [0.25, 0.3) is 0 Å². The second-order valence-electron chi connectivity index (χ2n) is 3.60. The van der Waals surface area contributed by atoms with E-state index in [2.05, 4.69) is 15.3 Å². The maximum atomic E-state index is 11.6. The predicted molar refractivity (Wildman–Crippen MR) is 59.3 cm³/mol. The lowest BCUT2D eigenvalue weighted by Crippen LogP contribution is -2.19. The summed E-state index contributed by atoms with van der Waals surface area (Å²) in [5.41, 5.74) is 0. The lowest BCUT2D eigenvalue weighted by Gasteiger charge is -2.08. The zero-order valence-corrected chi connectivity index (χ0v) is 9.41. The fourth-order valence-corrected chi connectivity index (χ4v) is 1.76. The number of carbonyl (C=O) groups is 1. The van der Waals surface area contributed by atoms with Crippen LogP contribution in [-0.4, -0.2) is 28.6 Å². The van der Waals surface area contributed by atoms with Crippen LogP contribution >= 0.6 is 11.6 Å². The van der Waals surface area contributed by atoms with Crippen LogP contribution in [0.15, 0.2) is 12.3 Å². The van der Waals surface area contributed by atoms with Gasteiger partial charge in [-0.25, -0.2) is 9.97 Å². The van der Waals surface area contributed by atoms with Crippen LogP contribution in [0.5, 0.6) is 0 Å². The minimum absolute atomic E-state index is 0.0392. The molecule has 1 N–H and O–H groups in total. The Balaban J connectivity index is 1.86. The average Bonchev–Trinajstić information content (AvgIpc) is 2.70. The monoisotopic (exact) mass is 241 g/mol. The summed E-state index contributed by atoms with van der Waals surface area (Å²) < 4.78 is 5.37. The molecule has 1 aromatic heterocycles. The molecule has 1 aliphatic rings. The second-order valence-corrected chi connectivity index (χ2v) is 3.94. The van der Waals surface area contributed by atoms with Crippen molar-refractivity contribution in [2.75, 3.05) is 11.9 Å². The summed E-state index contributed by atoms with van der Waals surface area (Å²) in [7, 11) is 0. The van der Waals surface area contributed by atoms with E-state index in [-0.39, 0.29) is 17.3 Å². The minimum atomic E-state index is -0.110. The van der Waals surface area contributed by atoms with E-state index in [0.29, 0.717) is 12.2 Å². The Labute approximate surface area is 98.2 Å². The first-order valence-electron chi connectivity index (χ1n) is 5.14. The Bertz CT molecular complexity index is 380. The molecule has 1 atom stereocenters. The van der Waals surface area contributed by atoms with Crippen LogP contribution in [0.4, 0.5) is 5.82 Å². The molecule has 0 aromatic carbocycles. The van der Waals surface area contributed by atoms with Crippen LogP contribution in [0.1, 0.15) is 19.3 Å². The highest BCUT2D eigenvalue weighted by Gasteiger charge is 2.19. The van der Waals surface area contributed by atoms with Crippen molar-refractivity contribution in [3.63, 3.8) is 0 Å². The lowest BCUT2D eigenvalue weighted by atomic mass is 10.2. The number of rotatable bonds is 3. The molecule has 1 aromatic rings. The van der Waals surface area contributed by atoms with E-state index in [1.807, 2.05) is 0 Å². The van der Waals surface area contributed by atoms with Gasteiger partial charge < -0.3 is 10.1 Å². The summed E-state index contributed by atoms with van der Waals surface area (Å²) >= 11 is 5.60. The second kappa shape index (κ2) is 5.23. The van der Waals surface area contributed by atoms with Crippen molar-refractivity contribution < 1.29 is 9.53 Å². The Morgan fingerprint density at radius 2 is 2.56 bits per heavy atom. The highest BCUT2D eigenvalue weighted by atomic mass is 35.5. The Hall–Kier alpha value is -1.20. The van der Waals surface area contributed by atoms with Crippen molar-refractivity contribution in [2.24, 2.45) is 0 Å². The van der Waals surface area contributed by atoms with E-state index in [4.69, 9.17) is 16.3 Å². The van der Waals surface area contributed by atoms with Crippen molar-refractivity contribution in [1.29, 1.82) is 0 Å². The normalized spacial score (nSPS) is 19.7. The van der Waals surface area contributed by atoms with E-state index < -0.39 is 0 Å². The smallest absolute Gasteiger partial charge is 0.228 e. The van der Waals surface area contributed by atoms with Gasteiger partial charge in [0.2, 0.25) is 11.2 Å². The predicted octanol–water partition coefficient (Wildman–Crippen LogP) is 1.64. The topological polar surface area (TPSA) is 64.1 Å². The van der Waals surface area contributed by atoms with Crippen molar-refractivity contribution in [1.82, 2.24) is 9.97 Å². The molecule has 2 rings (SSSR count). The number of anilines is 1. The third-order valence-electron chi connectivity index (χ3n) is 2.33. The van der Waals surface area contributed by atoms with Crippen LogP contribution in [0, 0.1) is 0 Å². The quantitative estimate of drug-likeness (QED) is 0.817. The van der Waals surface area contributed by atoms with Crippen LogP contribution < -0.4 is 5.32 Å². The summed E-state index contributed by atoms with van der Waals surface area (Å²) in [6, 6.07) is 1.60. The SMILES string of the molecule is O=C(CC1CCCO1)Nc1ccnc(Cl)n1. The molecule has 0 spiro atoms.